The Hall–Kier alpha value is 0.984. The van der Waals surface area contributed by atoms with Gasteiger partial charge in [0.05, 0.1) is 0 Å². The van der Waals surface area contributed by atoms with E-state index in [9.17, 15) is 4.20 Å². The van der Waals surface area contributed by atoms with Crippen molar-refractivity contribution in [2.24, 2.45) is 0 Å². The van der Waals surface area contributed by atoms with Crippen LogP contribution in [0.1, 0.15) is 0 Å². The second-order valence-corrected chi connectivity index (χ2v) is 0.638. The molecule has 0 aliphatic rings. The summed E-state index contributed by atoms with van der Waals surface area (Å²) in [7, 11) is -5.20. The predicted molar refractivity (Wildman–Crippen MR) is 24.4 cm³/mol. The van der Waals surface area contributed by atoms with Gasteiger partial charge < -0.3 is 9.46 Å². The molecule has 0 aliphatic carbocycles. The molecule has 6 heavy (non-hydrogen) atoms. The van der Waals surface area contributed by atoms with E-state index in [-0.39, 0.29) is 23.9 Å². The van der Waals surface area contributed by atoms with Crippen LogP contribution < -0.4 is 4.89 Å². The molecule has 0 saturated heterocycles. The second kappa shape index (κ2) is 3.05. The van der Waals surface area contributed by atoms with Gasteiger partial charge in [0.1, 0.15) is 0 Å². The van der Waals surface area contributed by atoms with Crippen LogP contribution in [0.2, 0.25) is 0 Å². The Morgan fingerprint density at radius 1 is 1.83 bits per heavy atom. The minimum Gasteiger partial charge on any atom is -0.805 e. The van der Waals surface area contributed by atoms with Gasteiger partial charge in [-0.1, -0.05) is 0 Å². The normalized spacial score (nSPS) is 17.8. The van der Waals surface area contributed by atoms with Crippen molar-refractivity contribution >= 4 is 39.0 Å². The van der Waals surface area contributed by atoms with Crippen molar-refractivity contribution in [3.05, 3.63) is 0 Å². The summed E-state index contributed by atoms with van der Waals surface area (Å²) in [5.41, 5.74) is 0. The molecule has 0 bridgehead atoms. The van der Waals surface area contributed by atoms with E-state index < -0.39 is 15.1 Å². The average molecular weight is 215 g/mol. The van der Waals surface area contributed by atoms with Crippen molar-refractivity contribution in [2.75, 3.05) is 0 Å². The molecular weight excluding hydrogens is 211 g/mol. The first-order valence-corrected chi connectivity index (χ1v) is 1.60. The van der Waals surface area contributed by atoms with E-state index >= 15 is 0 Å². The quantitative estimate of drug-likeness (QED) is 0.360. The van der Waals surface area contributed by atoms with Crippen LogP contribution in [-0.4, -0.2) is 31.5 Å². The summed E-state index contributed by atoms with van der Waals surface area (Å²) in [6.07, 6.45) is 0. The summed E-state index contributed by atoms with van der Waals surface area (Å²) in [6, 6.07) is 0. The molecule has 0 heterocycles. The summed E-state index contributed by atoms with van der Waals surface area (Å²) in [6.45, 7) is 0. The third-order valence-corrected chi connectivity index (χ3v) is 0. The van der Waals surface area contributed by atoms with Gasteiger partial charge in [-0.25, -0.2) is 4.20 Å². The second-order valence-electron chi connectivity index (χ2n) is 0.213. The Bertz CT molecular complexity index is 59.7. The van der Waals surface area contributed by atoms with Gasteiger partial charge in [-0.3, -0.25) is 0 Å². The molecule has 0 fully saturated rings. The maximum Gasteiger partial charge on any atom is 2.00 e. The van der Waals surface area contributed by atoms with Gasteiger partial charge in [0, 0.05) is 15.1 Å². The molecule has 0 aromatic heterocycles. The standard InChI is InChI=1S/BFH4O2P.Sn/c1-5(2,3)4;/h1H3,(H,3,4);/q-1;+2/p-1. The largest absolute Gasteiger partial charge is 2.00 e. The molecule has 0 aromatic carbocycles. The van der Waals surface area contributed by atoms with E-state index in [4.69, 9.17) is 9.46 Å². The number of hydrogen-bond acceptors (Lipinski definition) is 2. The van der Waals surface area contributed by atoms with Crippen LogP contribution in [0.4, 0.5) is 4.20 Å². The van der Waals surface area contributed by atoms with Crippen LogP contribution in [0.5, 0.6) is 0 Å². The van der Waals surface area contributed by atoms with E-state index in [0.29, 0.717) is 0 Å². The molecule has 0 spiro atoms. The van der Waals surface area contributed by atoms with E-state index in [1.807, 2.05) is 0 Å². The average Bonchev–Trinajstić information content (AvgIpc) is 0.722. The molecule has 0 aliphatic heterocycles. The van der Waals surface area contributed by atoms with Gasteiger partial charge in [0.15, 0.2) is 0 Å². The minimum atomic E-state index is -4.14. The molecule has 2 nitrogen and oxygen atoms in total. The fraction of sp³-hybridized carbons (Fsp3) is 0. The van der Waals surface area contributed by atoms with Crippen LogP contribution in [0.3, 0.4) is 0 Å². The minimum absolute atomic E-state index is 0. The van der Waals surface area contributed by atoms with Crippen LogP contribution in [-0.2, 0) is 4.57 Å². The maximum absolute atomic E-state index is 10.8. The van der Waals surface area contributed by atoms with Gasteiger partial charge in [0.25, 0.3) is 0 Å². The molecule has 34 valence electrons. The van der Waals surface area contributed by atoms with Gasteiger partial charge in [0.2, 0.25) is 0 Å². The van der Waals surface area contributed by atoms with Gasteiger partial charge in [-0.05, 0) is 0 Å². The van der Waals surface area contributed by atoms with Crippen molar-refractivity contribution in [2.45, 2.75) is 0 Å². The zero-order valence-electron chi connectivity index (χ0n) is 2.14. The zero-order chi connectivity index (χ0) is 4.50. The molecule has 0 aromatic rings. The third-order valence-electron chi connectivity index (χ3n) is 0. The Morgan fingerprint density at radius 3 is 1.83 bits per heavy atom. The van der Waals surface area contributed by atoms with Crippen LogP contribution >= 0.6 is 7.56 Å². The fourth-order valence-electron chi connectivity index (χ4n) is 0. The Balaban J connectivity index is 0. The van der Waals surface area contributed by atoms with Crippen LogP contribution in [0.25, 0.3) is 0 Å². The molecular formula is H3BFO2PSn. The maximum atomic E-state index is 10.8. The SMILES string of the molecule is [BH3-]P(=O)([O-])F.[Sn+2]. The topological polar surface area (TPSA) is 40.1 Å². The van der Waals surface area contributed by atoms with Crippen LogP contribution in [0.15, 0.2) is 0 Å². The monoisotopic (exact) mass is 216 g/mol. The molecule has 0 rings (SSSR count). The fourth-order valence-corrected chi connectivity index (χ4v) is 0. The Labute approximate surface area is 53.0 Å². The van der Waals surface area contributed by atoms with Gasteiger partial charge >= 0.3 is 23.9 Å². The van der Waals surface area contributed by atoms with Crippen LogP contribution in [0, 0.1) is 0 Å². The molecule has 6 heteroatoms. The first-order chi connectivity index (χ1) is 2.00. The number of hydrogen-bond donors (Lipinski definition) is 0. The first kappa shape index (κ1) is 10.1. The zero-order valence-corrected chi connectivity index (χ0v) is 5.89. The van der Waals surface area contributed by atoms with Gasteiger partial charge in [-0.2, -0.15) is 0 Å². The van der Waals surface area contributed by atoms with Gasteiger partial charge in [-0.15, -0.1) is 0 Å². The smallest absolute Gasteiger partial charge is 0.805 e. The molecule has 0 N–H and O–H groups in total. The molecule has 1 unspecified atom stereocenters. The summed E-state index contributed by atoms with van der Waals surface area (Å²) >= 11 is 0. The van der Waals surface area contributed by atoms with Crippen molar-refractivity contribution in [3.8, 4) is 0 Å². The van der Waals surface area contributed by atoms with E-state index in [1.165, 1.54) is 0 Å². The van der Waals surface area contributed by atoms with Crippen molar-refractivity contribution in [1.82, 2.24) is 0 Å². The summed E-state index contributed by atoms with van der Waals surface area (Å²) in [5, 5.41) is 0. The number of rotatable bonds is 0. The Kier molecular flexibility index (Phi) is 5.11. The van der Waals surface area contributed by atoms with E-state index in [0.717, 1.165) is 0 Å². The van der Waals surface area contributed by atoms with Crippen molar-refractivity contribution in [3.63, 3.8) is 0 Å². The Morgan fingerprint density at radius 2 is 1.83 bits per heavy atom. The molecule has 2 radical (unpaired) electrons. The van der Waals surface area contributed by atoms with Crippen molar-refractivity contribution in [1.29, 1.82) is 0 Å². The molecule has 0 amide bonds. The number of halogens is 1. The first-order valence-electron chi connectivity index (χ1n) is 0.534. The third kappa shape index (κ3) is 81.7. The summed E-state index contributed by atoms with van der Waals surface area (Å²) in [5.74, 6) is 0. The predicted octanol–water partition coefficient (Wildman–Crippen LogP) is -1.59. The van der Waals surface area contributed by atoms with E-state index in [2.05, 4.69) is 0 Å². The summed E-state index contributed by atoms with van der Waals surface area (Å²) in [4.78, 5) is 9.10. The summed E-state index contributed by atoms with van der Waals surface area (Å²) < 4.78 is 19.9. The van der Waals surface area contributed by atoms with E-state index in [1.54, 1.807) is 0 Å². The molecule has 1 atom stereocenters. The van der Waals surface area contributed by atoms with Crippen molar-refractivity contribution < 1.29 is 13.7 Å². The molecule has 0 saturated carbocycles.